The molecule has 122 valence electrons. The fourth-order valence-electron chi connectivity index (χ4n) is 1.80. The quantitative estimate of drug-likeness (QED) is 0.604. The number of nitrogens with zero attached hydrogens (tertiary/aromatic N) is 1. The maximum Gasteiger partial charge on any atom is 0.416 e. The van der Waals surface area contributed by atoms with E-state index in [-0.39, 0.29) is 23.6 Å². The molecule has 0 bridgehead atoms. The van der Waals surface area contributed by atoms with Crippen molar-refractivity contribution in [1.82, 2.24) is 4.31 Å². The zero-order chi connectivity index (χ0) is 17.0. The summed E-state index contributed by atoms with van der Waals surface area (Å²) in [5.41, 5.74) is 4.02. The molecule has 4 nitrogen and oxygen atoms in total. The van der Waals surface area contributed by atoms with E-state index in [1.165, 1.54) is 18.2 Å². The van der Waals surface area contributed by atoms with Gasteiger partial charge in [0.2, 0.25) is 10.0 Å². The molecule has 0 saturated heterocycles. The first-order chi connectivity index (χ1) is 10.1. The minimum absolute atomic E-state index is 0.0745. The summed E-state index contributed by atoms with van der Waals surface area (Å²) in [4.78, 5) is -0.0745. The van der Waals surface area contributed by atoms with Gasteiger partial charge in [0.05, 0.1) is 22.8 Å². The summed E-state index contributed by atoms with van der Waals surface area (Å²) < 4.78 is 64.3. The molecule has 0 amide bonds. The molecule has 0 saturated carbocycles. The molecule has 1 aromatic carbocycles. The highest BCUT2D eigenvalue weighted by atomic mass is 32.2. The monoisotopic (exact) mass is 352 g/mol. The highest BCUT2D eigenvalue weighted by Crippen LogP contribution is 2.32. The minimum Gasteiger partial charge on any atom is -0.392 e. The van der Waals surface area contributed by atoms with Crippen LogP contribution >= 0.6 is 12.2 Å². The second-order valence-corrected chi connectivity index (χ2v) is 6.95. The zero-order valence-electron chi connectivity index (χ0n) is 11.5. The summed E-state index contributed by atoms with van der Waals surface area (Å²) in [6.45, 7) is 3.07. The Morgan fingerprint density at radius 2 is 1.95 bits per heavy atom. The Balaban J connectivity index is 3.16. The fraction of sp³-hybridized carbons (Fsp3) is 0.308. The number of hydrogen-bond donors (Lipinski definition) is 1. The molecule has 9 heteroatoms. The SMILES string of the molecule is C=CCN(CC(N)=S)S(=O)(=O)Cc1ccccc1C(F)(F)F. The summed E-state index contributed by atoms with van der Waals surface area (Å²) in [5, 5.41) is 0. The van der Waals surface area contributed by atoms with Gasteiger partial charge in [0.25, 0.3) is 0 Å². The van der Waals surface area contributed by atoms with Gasteiger partial charge >= 0.3 is 6.18 Å². The Bertz CT molecular complexity index is 657. The van der Waals surface area contributed by atoms with Crippen molar-refractivity contribution < 1.29 is 21.6 Å². The van der Waals surface area contributed by atoms with E-state index >= 15 is 0 Å². The van der Waals surface area contributed by atoms with Crippen LogP contribution in [0.2, 0.25) is 0 Å². The first kappa shape index (κ1) is 18.6. The van der Waals surface area contributed by atoms with Crippen molar-refractivity contribution in [3.8, 4) is 0 Å². The third kappa shape index (κ3) is 5.08. The maximum atomic E-state index is 12.9. The van der Waals surface area contributed by atoms with Crippen molar-refractivity contribution in [2.24, 2.45) is 5.73 Å². The van der Waals surface area contributed by atoms with Gasteiger partial charge in [-0.25, -0.2) is 8.42 Å². The van der Waals surface area contributed by atoms with Crippen LogP contribution in [0, 0.1) is 0 Å². The molecule has 0 aliphatic heterocycles. The smallest absolute Gasteiger partial charge is 0.392 e. The molecule has 0 spiro atoms. The molecule has 1 rings (SSSR count). The van der Waals surface area contributed by atoms with Gasteiger partial charge in [-0.1, -0.05) is 36.5 Å². The average molecular weight is 352 g/mol. The topological polar surface area (TPSA) is 63.4 Å². The van der Waals surface area contributed by atoms with Gasteiger partial charge in [-0.15, -0.1) is 6.58 Å². The molecule has 2 N–H and O–H groups in total. The molecule has 0 aliphatic carbocycles. The lowest BCUT2D eigenvalue weighted by Crippen LogP contribution is -2.38. The summed E-state index contributed by atoms with van der Waals surface area (Å²) in [6.07, 6.45) is -3.32. The zero-order valence-corrected chi connectivity index (χ0v) is 13.1. The van der Waals surface area contributed by atoms with Gasteiger partial charge in [-0.3, -0.25) is 0 Å². The highest BCUT2D eigenvalue weighted by molar-refractivity contribution is 7.88. The Morgan fingerprint density at radius 3 is 2.45 bits per heavy atom. The predicted molar refractivity (Wildman–Crippen MR) is 82.6 cm³/mol. The summed E-state index contributed by atoms with van der Waals surface area (Å²) >= 11 is 4.66. The third-order valence-corrected chi connectivity index (χ3v) is 4.59. The fourth-order valence-corrected chi connectivity index (χ4v) is 3.54. The molecule has 0 aliphatic rings. The van der Waals surface area contributed by atoms with Gasteiger partial charge in [0.1, 0.15) is 0 Å². The average Bonchev–Trinajstić information content (AvgIpc) is 2.36. The first-order valence-corrected chi connectivity index (χ1v) is 8.12. The van der Waals surface area contributed by atoms with Crippen LogP contribution in [0.1, 0.15) is 11.1 Å². The summed E-state index contributed by atoms with van der Waals surface area (Å²) in [5.74, 6) is -0.793. The lowest BCUT2D eigenvalue weighted by Gasteiger charge is -2.21. The van der Waals surface area contributed by atoms with Gasteiger partial charge in [0, 0.05) is 6.54 Å². The van der Waals surface area contributed by atoms with Crippen LogP contribution in [0.15, 0.2) is 36.9 Å². The van der Waals surface area contributed by atoms with E-state index in [2.05, 4.69) is 18.8 Å². The standard InChI is InChI=1S/C13H15F3N2O2S2/c1-2-7-18(8-12(17)21)22(19,20)9-10-5-3-4-6-11(10)13(14,15)16/h2-6H,1,7-9H2,(H2,17,21). The maximum absolute atomic E-state index is 12.9. The number of rotatable bonds is 7. The van der Waals surface area contributed by atoms with E-state index in [1.807, 2.05) is 0 Å². The van der Waals surface area contributed by atoms with Crippen LogP contribution < -0.4 is 5.73 Å². The number of thiocarbonyl (C=S) groups is 1. The van der Waals surface area contributed by atoms with Crippen molar-refractivity contribution in [2.75, 3.05) is 13.1 Å². The van der Waals surface area contributed by atoms with Crippen LogP contribution in [-0.2, 0) is 22.0 Å². The second kappa shape index (κ2) is 7.21. The molecule has 0 radical (unpaired) electrons. The number of halogens is 3. The first-order valence-electron chi connectivity index (χ1n) is 6.10. The summed E-state index contributed by atoms with van der Waals surface area (Å²) in [7, 11) is -4.02. The second-order valence-electron chi connectivity index (χ2n) is 4.46. The molecule has 0 fully saturated rings. The Kier molecular flexibility index (Phi) is 6.09. The number of alkyl halides is 3. The van der Waals surface area contributed by atoms with Crippen molar-refractivity contribution in [2.45, 2.75) is 11.9 Å². The molecule has 22 heavy (non-hydrogen) atoms. The lowest BCUT2D eigenvalue weighted by molar-refractivity contribution is -0.138. The van der Waals surface area contributed by atoms with Crippen LogP contribution in [-0.4, -0.2) is 30.8 Å². The number of benzene rings is 1. The lowest BCUT2D eigenvalue weighted by atomic mass is 10.1. The van der Waals surface area contributed by atoms with Crippen molar-refractivity contribution in [1.29, 1.82) is 0 Å². The van der Waals surface area contributed by atoms with Crippen molar-refractivity contribution >= 4 is 27.2 Å². The van der Waals surface area contributed by atoms with Crippen LogP contribution in [0.5, 0.6) is 0 Å². The Morgan fingerprint density at radius 1 is 1.36 bits per heavy atom. The summed E-state index contributed by atoms with van der Waals surface area (Å²) in [6, 6.07) is 4.53. The highest BCUT2D eigenvalue weighted by Gasteiger charge is 2.34. The predicted octanol–water partition coefficient (Wildman–Crippen LogP) is 2.31. The van der Waals surface area contributed by atoms with Crippen LogP contribution in [0.3, 0.4) is 0 Å². The van der Waals surface area contributed by atoms with Gasteiger partial charge in [-0.2, -0.15) is 17.5 Å². The van der Waals surface area contributed by atoms with E-state index in [1.54, 1.807) is 0 Å². The van der Waals surface area contributed by atoms with Gasteiger partial charge in [-0.05, 0) is 11.6 Å². The molecule has 1 aromatic rings. The van der Waals surface area contributed by atoms with Crippen LogP contribution in [0.4, 0.5) is 13.2 Å². The van der Waals surface area contributed by atoms with E-state index in [9.17, 15) is 21.6 Å². The van der Waals surface area contributed by atoms with Crippen molar-refractivity contribution in [3.63, 3.8) is 0 Å². The van der Waals surface area contributed by atoms with E-state index in [0.717, 1.165) is 16.4 Å². The number of nitrogens with two attached hydrogens (primary N) is 1. The molecule has 0 atom stereocenters. The van der Waals surface area contributed by atoms with E-state index in [0.29, 0.717) is 0 Å². The normalized spacial score (nSPS) is 12.4. The number of hydrogen-bond acceptors (Lipinski definition) is 3. The van der Waals surface area contributed by atoms with Gasteiger partial charge < -0.3 is 5.73 Å². The molecule has 0 heterocycles. The molecular formula is C13H15F3N2O2S2. The van der Waals surface area contributed by atoms with E-state index < -0.39 is 27.5 Å². The van der Waals surface area contributed by atoms with Crippen molar-refractivity contribution in [3.05, 3.63) is 48.0 Å². The molecular weight excluding hydrogens is 337 g/mol. The van der Waals surface area contributed by atoms with Gasteiger partial charge in [0.15, 0.2) is 0 Å². The molecule has 0 unspecified atom stereocenters. The largest absolute Gasteiger partial charge is 0.416 e. The van der Waals surface area contributed by atoms with E-state index in [4.69, 9.17) is 5.73 Å². The Hall–Kier alpha value is -1.45. The third-order valence-electron chi connectivity index (χ3n) is 2.72. The van der Waals surface area contributed by atoms with Crippen LogP contribution in [0.25, 0.3) is 0 Å². The molecule has 0 aromatic heterocycles. The number of sulfonamides is 1. The Labute approximate surface area is 132 Å². The minimum atomic E-state index is -4.63.